The van der Waals surface area contributed by atoms with Gasteiger partial charge in [-0.2, -0.15) is 0 Å². The SMILES string of the molecule is COc1cc(OC)cc(OCC(O)CN2CCCCC2)c1. The molecule has 0 amide bonds. The van der Waals surface area contributed by atoms with Gasteiger partial charge in [-0.25, -0.2) is 0 Å². The fourth-order valence-electron chi connectivity index (χ4n) is 2.55. The van der Waals surface area contributed by atoms with Gasteiger partial charge in [0.25, 0.3) is 0 Å². The maximum atomic E-state index is 10.1. The van der Waals surface area contributed by atoms with Crippen molar-refractivity contribution < 1.29 is 19.3 Å². The van der Waals surface area contributed by atoms with Gasteiger partial charge in [-0.1, -0.05) is 6.42 Å². The molecule has 1 N–H and O–H groups in total. The highest BCUT2D eigenvalue weighted by Crippen LogP contribution is 2.27. The fraction of sp³-hybridized carbons (Fsp3) is 0.625. The van der Waals surface area contributed by atoms with E-state index in [-0.39, 0.29) is 6.61 Å². The zero-order chi connectivity index (χ0) is 15.1. The van der Waals surface area contributed by atoms with Gasteiger partial charge in [-0.15, -0.1) is 0 Å². The van der Waals surface area contributed by atoms with Crippen LogP contribution in [0.3, 0.4) is 0 Å². The second-order valence-electron chi connectivity index (χ2n) is 5.37. The highest BCUT2D eigenvalue weighted by molar-refractivity contribution is 5.41. The van der Waals surface area contributed by atoms with Crippen LogP contribution in [0.5, 0.6) is 17.2 Å². The Morgan fingerprint density at radius 1 is 1.00 bits per heavy atom. The summed E-state index contributed by atoms with van der Waals surface area (Å²) in [6.45, 7) is 3.09. The molecule has 1 heterocycles. The molecule has 1 aromatic carbocycles. The third-order valence-corrected chi connectivity index (χ3v) is 3.68. The van der Waals surface area contributed by atoms with Gasteiger partial charge in [-0.3, -0.25) is 0 Å². The van der Waals surface area contributed by atoms with Gasteiger partial charge in [0.2, 0.25) is 0 Å². The van der Waals surface area contributed by atoms with Gasteiger partial charge in [0.05, 0.1) is 14.2 Å². The summed E-state index contributed by atoms with van der Waals surface area (Å²) in [5.41, 5.74) is 0. The van der Waals surface area contributed by atoms with E-state index in [2.05, 4.69) is 4.90 Å². The largest absolute Gasteiger partial charge is 0.496 e. The molecule has 1 aliphatic heterocycles. The lowest BCUT2D eigenvalue weighted by Gasteiger charge is -2.28. The molecule has 0 bridgehead atoms. The molecule has 0 saturated carbocycles. The molecule has 1 fully saturated rings. The number of benzene rings is 1. The van der Waals surface area contributed by atoms with Crippen LogP contribution in [0.2, 0.25) is 0 Å². The average molecular weight is 295 g/mol. The zero-order valence-electron chi connectivity index (χ0n) is 12.9. The zero-order valence-corrected chi connectivity index (χ0v) is 12.9. The molecule has 0 spiro atoms. The van der Waals surface area contributed by atoms with Crippen molar-refractivity contribution in [2.45, 2.75) is 25.4 Å². The number of aliphatic hydroxyl groups excluding tert-OH is 1. The van der Waals surface area contributed by atoms with Crippen molar-refractivity contribution in [2.24, 2.45) is 0 Å². The maximum Gasteiger partial charge on any atom is 0.126 e. The molecule has 1 aromatic rings. The van der Waals surface area contributed by atoms with Crippen molar-refractivity contribution in [2.75, 3.05) is 40.5 Å². The lowest BCUT2D eigenvalue weighted by atomic mass is 10.1. The van der Waals surface area contributed by atoms with Gasteiger partial charge in [-0.05, 0) is 25.9 Å². The van der Waals surface area contributed by atoms with Crippen LogP contribution in [0, 0.1) is 0 Å². The number of β-amino-alcohol motifs (C(OH)–C–C–N with tert-alkyl or cyclic N) is 1. The standard InChI is InChI=1S/C16H25NO4/c1-19-14-8-15(20-2)10-16(9-14)21-12-13(18)11-17-6-4-3-5-7-17/h8-10,13,18H,3-7,11-12H2,1-2H3. The van der Waals surface area contributed by atoms with Crippen LogP contribution < -0.4 is 14.2 Å². The van der Waals surface area contributed by atoms with Crippen molar-refractivity contribution >= 4 is 0 Å². The summed E-state index contributed by atoms with van der Waals surface area (Å²) in [5, 5.41) is 10.1. The Hall–Kier alpha value is -1.46. The van der Waals surface area contributed by atoms with E-state index in [1.165, 1.54) is 19.3 Å². The van der Waals surface area contributed by atoms with Crippen molar-refractivity contribution in [1.29, 1.82) is 0 Å². The Morgan fingerprint density at radius 2 is 1.57 bits per heavy atom. The smallest absolute Gasteiger partial charge is 0.126 e. The van der Waals surface area contributed by atoms with E-state index in [1.54, 1.807) is 32.4 Å². The first-order chi connectivity index (χ1) is 10.2. The maximum absolute atomic E-state index is 10.1. The number of hydrogen-bond donors (Lipinski definition) is 1. The van der Waals surface area contributed by atoms with E-state index in [9.17, 15) is 5.11 Å². The van der Waals surface area contributed by atoms with E-state index < -0.39 is 6.10 Å². The van der Waals surface area contributed by atoms with Gasteiger partial charge in [0.15, 0.2) is 0 Å². The van der Waals surface area contributed by atoms with Gasteiger partial charge < -0.3 is 24.2 Å². The number of rotatable bonds is 7. The van der Waals surface area contributed by atoms with Crippen molar-refractivity contribution in [3.05, 3.63) is 18.2 Å². The first kappa shape index (κ1) is 15.9. The first-order valence-electron chi connectivity index (χ1n) is 7.47. The molecule has 2 rings (SSSR count). The Bertz CT molecular complexity index is 410. The second kappa shape index (κ2) is 8.10. The highest BCUT2D eigenvalue weighted by Gasteiger charge is 2.15. The van der Waals surface area contributed by atoms with Crippen LogP contribution in [-0.2, 0) is 0 Å². The predicted molar refractivity (Wildman–Crippen MR) is 81.3 cm³/mol. The number of piperidine rings is 1. The predicted octanol–water partition coefficient (Wildman–Crippen LogP) is 1.93. The van der Waals surface area contributed by atoms with E-state index in [0.717, 1.165) is 13.1 Å². The molecule has 1 atom stereocenters. The third kappa shape index (κ3) is 5.10. The van der Waals surface area contributed by atoms with Crippen LogP contribution in [0.1, 0.15) is 19.3 Å². The summed E-state index contributed by atoms with van der Waals surface area (Å²) in [6, 6.07) is 5.36. The molecule has 1 unspecified atom stereocenters. The van der Waals surface area contributed by atoms with Crippen LogP contribution in [0.25, 0.3) is 0 Å². The minimum atomic E-state index is -0.486. The first-order valence-corrected chi connectivity index (χ1v) is 7.47. The molecular weight excluding hydrogens is 270 g/mol. The monoisotopic (exact) mass is 295 g/mol. The Kier molecular flexibility index (Phi) is 6.14. The third-order valence-electron chi connectivity index (χ3n) is 3.68. The Balaban J connectivity index is 1.83. The van der Waals surface area contributed by atoms with E-state index in [1.807, 2.05) is 0 Å². The van der Waals surface area contributed by atoms with E-state index in [0.29, 0.717) is 23.8 Å². The Labute approximate surface area is 126 Å². The van der Waals surface area contributed by atoms with E-state index >= 15 is 0 Å². The quantitative estimate of drug-likeness (QED) is 0.833. The molecule has 1 saturated heterocycles. The molecule has 1 aliphatic rings. The van der Waals surface area contributed by atoms with Crippen LogP contribution in [0.15, 0.2) is 18.2 Å². The summed E-state index contributed by atoms with van der Waals surface area (Å²) in [4.78, 5) is 2.30. The van der Waals surface area contributed by atoms with E-state index in [4.69, 9.17) is 14.2 Å². The molecule has 0 aliphatic carbocycles. The summed E-state index contributed by atoms with van der Waals surface area (Å²) in [5.74, 6) is 1.99. The van der Waals surface area contributed by atoms with Gasteiger partial charge in [0.1, 0.15) is 30.0 Å². The summed E-state index contributed by atoms with van der Waals surface area (Å²) in [7, 11) is 3.20. The van der Waals surface area contributed by atoms with Crippen LogP contribution in [0.4, 0.5) is 0 Å². The van der Waals surface area contributed by atoms with Crippen molar-refractivity contribution in [3.8, 4) is 17.2 Å². The fourth-order valence-corrected chi connectivity index (χ4v) is 2.55. The Morgan fingerprint density at radius 3 is 2.14 bits per heavy atom. The lowest BCUT2D eigenvalue weighted by Crippen LogP contribution is -2.38. The molecule has 0 aromatic heterocycles. The summed E-state index contributed by atoms with van der Waals surface area (Å²) < 4.78 is 16.0. The molecule has 21 heavy (non-hydrogen) atoms. The topological polar surface area (TPSA) is 51.2 Å². The molecule has 0 radical (unpaired) electrons. The van der Waals surface area contributed by atoms with Crippen LogP contribution >= 0.6 is 0 Å². The second-order valence-corrected chi connectivity index (χ2v) is 5.37. The minimum Gasteiger partial charge on any atom is -0.496 e. The van der Waals surface area contributed by atoms with Crippen molar-refractivity contribution in [1.82, 2.24) is 4.90 Å². The number of nitrogens with zero attached hydrogens (tertiary/aromatic N) is 1. The normalized spacial score (nSPS) is 17.3. The van der Waals surface area contributed by atoms with Crippen LogP contribution in [-0.4, -0.2) is 56.6 Å². The molecular formula is C16H25NO4. The summed E-state index contributed by atoms with van der Waals surface area (Å²) in [6.07, 6.45) is 3.26. The summed E-state index contributed by atoms with van der Waals surface area (Å²) >= 11 is 0. The highest BCUT2D eigenvalue weighted by atomic mass is 16.5. The minimum absolute atomic E-state index is 0.271. The van der Waals surface area contributed by atoms with Gasteiger partial charge in [0, 0.05) is 24.7 Å². The van der Waals surface area contributed by atoms with Crippen molar-refractivity contribution in [3.63, 3.8) is 0 Å². The number of hydrogen-bond acceptors (Lipinski definition) is 5. The lowest BCUT2D eigenvalue weighted by molar-refractivity contribution is 0.0616. The molecule has 118 valence electrons. The molecule has 5 nitrogen and oxygen atoms in total. The van der Waals surface area contributed by atoms with Gasteiger partial charge >= 0.3 is 0 Å². The number of methoxy groups -OCH3 is 2. The molecule has 5 heteroatoms. The number of likely N-dealkylation sites (tertiary alicyclic amines) is 1. The average Bonchev–Trinajstić information content (AvgIpc) is 2.53. The number of ether oxygens (including phenoxy) is 3. The number of aliphatic hydroxyl groups is 1.